The van der Waals surface area contributed by atoms with Gasteiger partial charge in [0.1, 0.15) is 0 Å². The molecule has 0 heterocycles. The van der Waals surface area contributed by atoms with E-state index in [-0.39, 0.29) is 0 Å². The first kappa shape index (κ1) is 16.4. The summed E-state index contributed by atoms with van der Waals surface area (Å²) < 4.78 is 34.4. The summed E-state index contributed by atoms with van der Waals surface area (Å²) in [6.45, 7) is 14.2. The minimum atomic E-state index is -5.50. The molecule has 1 N–H and O–H groups in total. The molecule has 0 aromatic carbocycles. The summed E-state index contributed by atoms with van der Waals surface area (Å²) in [6, 6.07) is 0. The molecule has 0 radical (unpaired) electrons. The number of hydrogen-bond donors (Lipinski definition) is 1. The monoisotopic (exact) mass is 275 g/mol. The van der Waals surface area contributed by atoms with E-state index < -0.39 is 13.4 Å². The molecule has 0 aliphatic carbocycles. The first-order chi connectivity index (χ1) is 6.24. The van der Waals surface area contributed by atoms with E-state index >= 15 is 0 Å². The second-order valence-corrected chi connectivity index (χ2v) is 4.83. The number of rotatable bonds is 4. The van der Waals surface area contributed by atoms with Crippen LogP contribution in [0.15, 0.2) is 0 Å². The summed E-state index contributed by atoms with van der Waals surface area (Å²) >= 11 is -5.50. The number of quaternary nitrogens is 1. The van der Waals surface area contributed by atoms with Gasteiger partial charge < -0.3 is 4.48 Å². The van der Waals surface area contributed by atoms with Crippen LogP contribution in [-0.2, 0) is 7.67 Å². The fraction of sp³-hybridized carbons (Fsp3) is 1.00. The standard InChI is InChI=1S/C8H20N.H2O4Se/c1-5-9(6-2,7-3)8-4;1-5(2,3)4/h5-8H2,1-4H3;(H2,1,2,3,4)/q+1;/p-1. The molecule has 0 unspecified atom stereocenters. The molecule has 0 bridgehead atoms. The Morgan fingerprint density at radius 3 is 1.14 bits per heavy atom. The summed E-state index contributed by atoms with van der Waals surface area (Å²) in [5.74, 6) is 0. The molecule has 0 aromatic rings. The molecule has 0 saturated heterocycles. The van der Waals surface area contributed by atoms with Gasteiger partial charge in [0, 0.05) is 0 Å². The van der Waals surface area contributed by atoms with E-state index in [1.54, 1.807) is 0 Å². The Labute approximate surface area is 88.2 Å². The minimum absolute atomic E-state index is 1.28. The van der Waals surface area contributed by atoms with Crippen LogP contribution in [0.3, 0.4) is 0 Å². The van der Waals surface area contributed by atoms with E-state index in [0.717, 1.165) is 0 Å². The average molecular weight is 274 g/mol. The Hall–Kier alpha value is -0.000519. The van der Waals surface area contributed by atoms with Gasteiger partial charge in [-0.3, -0.25) is 0 Å². The van der Waals surface area contributed by atoms with Gasteiger partial charge in [-0.05, 0) is 27.7 Å². The number of nitrogens with zero attached hydrogens (tertiary/aromatic N) is 1. The quantitative estimate of drug-likeness (QED) is 0.555. The summed E-state index contributed by atoms with van der Waals surface area (Å²) in [5, 5.41) is 0. The van der Waals surface area contributed by atoms with Crippen molar-refractivity contribution in [2.45, 2.75) is 27.7 Å². The Morgan fingerprint density at radius 1 is 1.00 bits per heavy atom. The second kappa shape index (κ2) is 7.31. The Balaban J connectivity index is 0. The topological polar surface area (TPSA) is 77.4 Å². The summed E-state index contributed by atoms with van der Waals surface area (Å²) in [6.07, 6.45) is 0. The van der Waals surface area contributed by atoms with Crippen LogP contribution in [0.25, 0.3) is 0 Å². The zero-order chi connectivity index (χ0) is 11.8. The molecule has 0 fully saturated rings. The molecule has 0 spiro atoms. The average Bonchev–Trinajstić information content (AvgIpc) is 2.07. The molecule has 0 amide bonds. The molecule has 0 aliphatic heterocycles. The summed E-state index contributed by atoms with van der Waals surface area (Å²) in [4.78, 5) is 0. The van der Waals surface area contributed by atoms with Gasteiger partial charge in [0.25, 0.3) is 0 Å². The van der Waals surface area contributed by atoms with Gasteiger partial charge in [-0.15, -0.1) is 0 Å². The molecule has 0 aliphatic rings. The van der Waals surface area contributed by atoms with Crippen LogP contribution >= 0.6 is 0 Å². The third-order valence-electron chi connectivity index (χ3n) is 2.68. The predicted molar refractivity (Wildman–Crippen MR) is 51.8 cm³/mol. The van der Waals surface area contributed by atoms with Crippen LogP contribution in [0, 0.1) is 0 Å². The predicted octanol–water partition coefficient (Wildman–Crippen LogP) is -0.482. The van der Waals surface area contributed by atoms with Gasteiger partial charge in [-0.25, -0.2) is 0 Å². The fourth-order valence-corrected chi connectivity index (χ4v) is 1.34. The van der Waals surface area contributed by atoms with Crippen LogP contribution < -0.4 is 4.19 Å². The van der Waals surface area contributed by atoms with Crippen LogP contribution in [0.2, 0.25) is 0 Å². The molecule has 0 saturated carbocycles. The third kappa shape index (κ3) is 10.1. The van der Waals surface area contributed by atoms with E-state index in [2.05, 4.69) is 27.7 Å². The SMILES string of the molecule is CC[N+](CC)(CC)CC.O=[Se](=O)([O-])O. The van der Waals surface area contributed by atoms with Crippen LogP contribution in [0.4, 0.5) is 0 Å². The van der Waals surface area contributed by atoms with Crippen LogP contribution in [0.5, 0.6) is 0 Å². The maximum absolute atomic E-state index is 8.70. The number of hydrogen-bond acceptors (Lipinski definition) is 3. The van der Waals surface area contributed by atoms with Gasteiger partial charge in [-0.1, -0.05) is 0 Å². The summed E-state index contributed by atoms with van der Waals surface area (Å²) in [5.41, 5.74) is 0. The molecular weight excluding hydrogens is 253 g/mol. The van der Waals surface area contributed by atoms with E-state index in [4.69, 9.17) is 16.0 Å². The second-order valence-electron chi connectivity index (χ2n) is 3.03. The zero-order valence-electron chi connectivity index (χ0n) is 9.36. The molecule has 0 rings (SSSR count). The van der Waals surface area contributed by atoms with Crippen molar-refractivity contribution in [3.63, 3.8) is 0 Å². The van der Waals surface area contributed by atoms with Crippen molar-refractivity contribution < 1.29 is 20.5 Å². The fourth-order valence-electron chi connectivity index (χ4n) is 1.34. The molecule has 5 nitrogen and oxygen atoms in total. The van der Waals surface area contributed by atoms with E-state index in [1.807, 2.05) is 0 Å². The third-order valence-corrected chi connectivity index (χ3v) is 2.68. The molecule has 14 heavy (non-hydrogen) atoms. The first-order valence-electron chi connectivity index (χ1n) is 4.78. The van der Waals surface area contributed by atoms with E-state index in [0.29, 0.717) is 0 Å². The van der Waals surface area contributed by atoms with Crippen molar-refractivity contribution >= 4 is 13.4 Å². The molecule has 6 heteroatoms. The maximum atomic E-state index is 8.70. The zero-order valence-corrected chi connectivity index (χ0v) is 11.1. The normalized spacial score (nSPS) is 11.9. The van der Waals surface area contributed by atoms with Crippen molar-refractivity contribution in [3.8, 4) is 0 Å². The van der Waals surface area contributed by atoms with Crippen molar-refractivity contribution in [1.82, 2.24) is 0 Å². The van der Waals surface area contributed by atoms with Gasteiger partial charge in [0.15, 0.2) is 0 Å². The van der Waals surface area contributed by atoms with Gasteiger partial charge in [0.2, 0.25) is 0 Å². The van der Waals surface area contributed by atoms with Gasteiger partial charge in [0.05, 0.1) is 26.2 Å². The molecule has 0 aromatic heterocycles. The van der Waals surface area contributed by atoms with Crippen molar-refractivity contribution in [2.75, 3.05) is 26.2 Å². The van der Waals surface area contributed by atoms with Crippen molar-refractivity contribution in [3.05, 3.63) is 0 Å². The van der Waals surface area contributed by atoms with Crippen LogP contribution in [0.1, 0.15) is 27.7 Å². The van der Waals surface area contributed by atoms with Crippen molar-refractivity contribution in [1.29, 1.82) is 0 Å². The van der Waals surface area contributed by atoms with Gasteiger partial charge >= 0.3 is 29.4 Å². The van der Waals surface area contributed by atoms with E-state index in [1.165, 1.54) is 30.7 Å². The molecule has 0 atom stereocenters. The summed E-state index contributed by atoms with van der Waals surface area (Å²) in [7, 11) is 0. The molecular formula is C8H21NO4Se. The Kier molecular flexibility index (Phi) is 8.58. The molecule has 88 valence electrons. The van der Waals surface area contributed by atoms with Gasteiger partial charge in [-0.2, -0.15) is 0 Å². The van der Waals surface area contributed by atoms with Crippen LogP contribution in [-0.4, -0.2) is 48.2 Å². The van der Waals surface area contributed by atoms with Crippen molar-refractivity contribution in [2.24, 2.45) is 0 Å². The first-order valence-corrected chi connectivity index (χ1v) is 7.64. The Bertz CT molecular complexity index is 196. The Morgan fingerprint density at radius 2 is 1.14 bits per heavy atom. The van der Waals surface area contributed by atoms with E-state index in [9.17, 15) is 0 Å².